The number of nitrogens with zero attached hydrogens (tertiary/aromatic N) is 3. The van der Waals surface area contributed by atoms with E-state index in [1.807, 2.05) is 0 Å². The van der Waals surface area contributed by atoms with Gasteiger partial charge in [0.25, 0.3) is 5.91 Å². The van der Waals surface area contributed by atoms with Crippen molar-refractivity contribution in [3.05, 3.63) is 72.1 Å². The van der Waals surface area contributed by atoms with Crippen LogP contribution in [-0.2, 0) is 6.61 Å². The smallest absolute Gasteiger partial charge is 0.255 e. The van der Waals surface area contributed by atoms with Crippen molar-refractivity contribution >= 4 is 11.6 Å². The number of aromatic nitrogens is 3. The number of benzene rings is 1. The lowest BCUT2D eigenvalue weighted by Gasteiger charge is -2.10. The largest absolute Gasteiger partial charge is 0.392 e. The maximum absolute atomic E-state index is 14.2. The van der Waals surface area contributed by atoms with Crippen molar-refractivity contribution in [2.24, 2.45) is 0 Å². The van der Waals surface area contributed by atoms with Gasteiger partial charge in [0.15, 0.2) is 0 Å². The van der Waals surface area contributed by atoms with E-state index in [4.69, 9.17) is 0 Å². The van der Waals surface area contributed by atoms with E-state index in [1.165, 1.54) is 29.2 Å². The van der Waals surface area contributed by atoms with Crippen molar-refractivity contribution in [1.82, 2.24) is 14.8 Å². The number of halogens is 1. The molecule has 0 unspecified atom stereocenters. The SMILES string of the molecule is O=C(Nc1cnccc1CO)c1ccc(-n2cccn2)c(F)c1. The Morgan fingerprint density at radius 2 is 2.17 bits per heavy atom. The normalized spacial score (nSPS) is 10.5. The first-order valence-electron chi connectivity index (χ1n) is 6.83. The van der Waals surface area contributed by atoms with Crippen molar-refractivity contribution < 1.29 is 14.3 Å². The second kappa shape index (κ2) is 6.37. The summed E-state index contributed by atoms with van der Waals surface area (Å²) >= 11 is 0. The lowest BCUT2D eigenvalue weighted by Crippen LogP contribution is -2.14. The van der Waals surface area contributed by atoms with Crippen LogP contribution in [0.4, 0.5) is 10.1 Å². The number of hydrogen-bond acceptors (Lipinski definition) is 4. The zero-order valence-electron chi connectivity index (χ0n) is 12.0. The highest BCUT2D eigenvalue weighted by Gasteiger charge is 2.13. The van der Waals surface area contributed by atoms with Gasteiger partial charge in [-0.1, -0.05) is 0 Å². The molecular weight excluding hydrogens is 299 g/mol. The maximum atomic E-state index is 14.2. The highest BCUT2D eigenvalue weighted by Crippen LogP contribution is 2.17. The molecule has 0 spiro atoms. The molecule has 0 aliphatic rings. The third-order valence-electron chi connectivity index (χ3n) is 3.29. The number of pyridine rings is 1. The van der Waals surface area contributed by atoms with E-state index >= 15 is 0 Å². The van der Waals surface area contributed by atoms with Crippen molar-refractivity contribution in [2.75, 3.05) is 5.32 Å². The van der Waals surface area contributed by atoms with Gasteiger partial charge >= 0.3 is 0 Å². The molecule has 6 nitrogen and oxygen atoms in total. The second-order valence-electron chi connectivity index (χ2n) is 4.76. The molecule has 23 heavy (non-hydrogen) atoms. The molecule has 2 aromatic heterocycles. The number of anilines is 1. The molecule has 116 valence electrons. The predicted molar refractivity (Wildman–Crippen MR) is 81.6 cm³/mol. The summed E-state index contributed by atoms with van der Waals surface area (Å²) in [5.74, 6) is -1.05. The first-order chi connectivity index (χ1) is 11.2. The monoisotopic (exact) mass is 312 g/mol. The fourth-order valence-electron chi connectivity index (χ4n) is 2.11. The van der Waals surface area contributed by atoms with E-state index in [0.717, 1.165) is 6.07 Å². The molecule has 1 amide bonds. The highest BCUT2D eigenvalue weighted by molar-refractivity contribution is 6.04. The maximum Gasteiger partial charge on any atom is 0.255 e. The molecule has 0 saturated carbocycles. The molecule has 1 aromatic carbocycles. The van der Waals surface area contributed by atoms with Crippen LogP contribution in [0.15, 0.2) is 55.1 Å². The van der Waals surface area contributed by atoms with Crippen LogP contribution in [0.3, 0.4) is 0 Å². The van der Waals surface area contributed by atoms with Crippen molar-refractivity contribution in [3.63, 3.8) is 0 Å². The van der Waals surface area contributed by atoms with Gasteiger partial charge in [-0.25, -0.2) is 9.07 Å². The van der Waals surface area contributed by atoms with Crippen LogP contribution in [0.25, 0.3) is 5.69 Å². The van der Waals surface area contributed by atoms with E-state index in [9.17, 15) is 14.3 Å². The quantitative estimate of drug-likeness (QED) is 0.773. The summed E-state index contributed by atoms with van der Waals surface area (Å²) < 4.78 is 15.5. The Bertz CT molecular complexity index is 834. The number of aliphatic hydroxyl groups is 1. The average Bonchev–Trinajstić information content (AvgIpc) is 3.09. The standard InChI is InChI=1S/C16H13FN4O2/c17-13-8-11(2-3-15(13)21-7-1-5-19-21)16(23)20-14-9-18-6-4-12(14)10-22/h1-9,22H,10H2,(H,20,23). The summed E-state index contributed by atoms with van der Waals surface area (Å²) in [6, 6.07) is 7.40. The molecule has 0 atom stereocenters. The Balaban J connectivity index is 1.84. The van der Waals surface area contributed by atoms with Crippen LogP contribution in [0.5, 0.6) is 0 Å². The Morgan fingerprint density at radius 3 is 2.87 bits per heavy atom. The minimum atomic E-state index is -0.560. The van der Waals surface area contributed by atoms with Crippen LogP contribution in [-0.4, -0.2) is 25.8 Å². The van der Waals surface area contributed by atoms with Crippen molar-refractivity contribution in [1.29, 1.82) is 0 Å². The molecule has 0 fully saturated rings. The number of aliphatic hydroxyl groups excluding tert-OH is 1. The number of carbonyl (C=O) groups excluding carboxylic acids is 1. The number of hydrogen-bond donors (Lipinski definition) is 2. The molecule has 3 aromatic rings. The van der Waals surface area contributed by atoms with E-state index in [2.05, 4.69) is 15.4 Å². The first-order valence-corrected chi connectivity index (χ1v) is 6.83. The van der Waals surface area contributed by atoms with Crippen LogP contribution in [0, 0.1) is 5.82 Å². The lowest BCUT2D eigenvalue weighted by atomic mass is 10.1. The van der Waals surface area contributed by atoms with Gasteiger partial charge in [0.2, 0.25) is 0 Å². The molecule has 0 bridgehead atoms. The molecule has 0 radical (unpaired) electrons. The van der Waals surface area contributed by atoms with Gasteiger partial charge in [0, 0.05) is 29.7 Å². The van der Waals surface area contributed by atoms with E-state index in [1.54, 1.807) is 24.5 Å². The zero-order chi connectivity index (χ0) is 16.2. The summed E-state index contributed by atoms with van der Waals surface area (Å²) in [7, 11) is 0. The summed E-state index contributed by atoms with van der Waals surface area (Å²) in [6.07, 6.45) is 6.10. The molecule has 0 saturated heterocycles. The number of rotatable bonds is 4. The van der Waals surface area contributed by atoms with Crippen molar-refractivity contribution in [2.45, 2.75) is 6.61 Å². The van der Waals surface area contributed by atoms with Crippen LogP contribution in [0.2, 0.25) is 0 Å². The predicted octanol–water partition coefficient (Wildman–Crippen LogP) is 2.15. The lowest BCUT2D eigenvalue weighted by molar-refractivity contribution is 0.102. The molecule has 0 aliphatic heterocycles. The molecule has 2 N–H and O–H groups in total. The average molecular weight is 312 g/mol. The van der Waals surface area contributed by atoms with E-state index in [-0.39, 0.29) is 17.9 Å². The van der Waals surface area contributed by atoms with Crippen LogP contribution >= 0.6 is 0 Å². The molecule has 7 heteroatoms. The van der Waals surface area contributed by atoms with Gasteiger partial charge in [0.05, 0.1) is 18.5 Å². The molecule has 2 heterocycles. The van der Waals surface area contributed by atoms with E-state index < -0.39 is 11.7 Å². The molecule has 3 rings (SSSR count). The van der Waals surface area contributed by atoms with Gasteiger partial charge in [-0.15, -0.1) is 0 Å². The van der Waals surface area contributed by atoms with Crippen LogP contribution in [0.1, 0.15) is 15.9 Å². The number of carbonyl (C=O) groups is 1. The minimum Gasteiger partial charge on any atom is -0.392 e. The minimum absolute atomic E-state index is 0.158. The number of nitrogens with one attached hydrogen (secondary N) is 1. The fraction of sp³-hybridized carbons (Fsp3) is 0.0625. The van der Waals surface area contributed by atoms with Gasteiger partial charge in [-0.2, -0.15) is 5.10 Å². The summed E-state index contributed by atoms with van der Waals surface area (Å²) in [6.45, 7) is -0.231. The summed E-state index contributed by atoms with van der Waals surface area (Å²) in [5, 5.41) is 15.8. The van der Waals surface area contributed by atoms with Gasteiger partial charge < -0.3 is 10.4 Å². The van der Waals surface area contributed by atoms with Crippen LogP contribution < -0.4 is 5.32 Å². The summed E-state index contributed by atoms with van der Waals surface area (Å²) in [5.41, 5.74) is 1.33. The third kappa shape index (κ3) is 3.09. The Labute approximate surface area is 131 Å². The van der Waals surface area contributed by atoms with Gasteiger partial charge in [-0.3, -0.25) is 9.78 Å². The Kier molecular flexibility index (Phi) is 4.11. The number of amides is 1. The summed E-state index contributed by atoms with van der Waals surface area (Å²) in [4.78, 5) is 16.1. The second-order valence-corrected chi connectivity index (χ2v) is 4.76. The Hall–Kier alpha value is -3.06. The molecule has 0 aliphatic carbocycles. The first kappa shape index (κ1) is 14.9. The zero-order valence-corrected chi connectivity index (χ0v) is 12.0. The van der Waals surface area contributed by atoms with E-state index in [0.29, 0.717) is 11.3 Å². The van der Waals surface area contributed by atoms with Gasteiger partial charge in [-0.05, 0) is 30.3 Å². The Morgan fingerprint density at radius 1 is 1.30 bits per heavy atom. The fourth-order valence-corrected chi connectivity index (χ4v) is 2.11. The van der Waals surface area contributed by atoms with Gasteiger partial charge in [0.1, 0.15) is 11.5 Å². The topological polar surface area (TPSA) is 80.0 Å². The third-order valence-corrected chi connectivity index (χ3v) is 3.29. The van der Waals surface area contributed by atoms with Crippen molar-refractivity contribution in [3.8, 4) is 5.69 Å². The molecular formula is C16H13FN4O2. The highest BCUT2D eigenvalue weighted by atomic mass is 19.1.